The summed E-state index contributed by atoms with van der Waals surface area (Å²) in [6, 6.07) is 5.67. The van der Waals surface area contributed by atoms with E-state index in [1.54, 1.807) is 0 Å². The first-order chi connectivity index (χ1) is 11.1. The highest BCUT2D eigenvalue weighted by Crippen LogP contribution is 2.31. The number of halogens is 2. The van der Waals surface area contributed by atoms with E-state index in [0.29, 0.717) is 10.0 Å². The van der Waals surface area contributed by atoms with Gasteiger partial charge in [-0.1, -0.05) is 29.6 Å². The second-order valence-electron chi connectivity index (χ2n) is 5.89. The molecule has 3 rings (SSSR count). The highest BCUT2D eigenvalue weighted by molar-refractivity contribution is 8.00. The molecule has 1 atom stereocenters. The number of rotatable bonds is 5. The molecule has 0 radical (unpaired) electrons. The van der Waals surface area contributed by atoms with Gasteiger partial charge in [0.1, 0.15) is 5.84 Å². The molecule has 2 heterocycles. The quantitative estimate of drug-likeness (QED) is 0.837. The maximum Gasteiger partial charge on any atom is 0.188 e. The van der Waals surface area contributed by atoms with Crippen LogP contribution in [-0.4, -0.2) is 41.6 Å². The van der Waals surface area contributed by atoms with Gasteiger partial charge in [-0.15, -0.1) is 11.8 Å². The molecule has 0 bridgehead atoms. The smallest absolute Gasteiger partial charge is 0.188 e. The fraction of sp³-hybridized carbons (Fsp3) is 0.562. The van der Waals surface area contributed by atoms with Crippen LogP contribution in [0.2, 0.25) is 10.0 Å². The normalized spacial score (nSPS) is 22.1. The number of hydrogen-bond donors (Lipinski definition) is 1. The van der Waals surface area contributed by atoms with Gasteiger partial charge in [0.05, 0.1) is 15.7 Å². The molecule has 1 unspecified atom stereocenters. The first-order valence-corrected chi connectivity index (χ1v) is 9.83. The third kappa shape index (κ3) is 4.47. The SMILES string of the molecule is CC1=NC(SCCN2CCCCC2)N(c2ccc(Cl)c(Cl)c2)N1. The zero-order chi connectivity index (χ0) is 16.2. The third-order valence-electron chi connectivity index (χ3n) is 4.11. The van der Waals surface area contributed by atoms with Gasteiger partial charge in [-0.05, 0) is 51.1 Å². The molecule has 0 saturated carbocycles. The molecule has 23 heavy (non-hydrogen) atoms. The van der Waals surface area contributed by atoms with Crippen molar-refractivity contribution in [1.29, 1.82) is 0 Å². The van der Waals surface area contributed by atoms with Gasteiger partial charge in [0.25, 0.3) is 0 Å². The summed E-state index contributed by atoms with van der Waals surface area (Å²) in [5, 5.41) is 3.19. The molecular formula is C16H22Cl2N4S. The first kappa shape index (κ1) is 17.2. The Labute approximate surface area is 152 Å². The molecule has 126 valence electrons. The summed E-state index contributed by atoms with van der Waals surface area (Å²) in [6.45, 7) is 5.59. The van der Waals surface area contributed by atoms with Crippen LogP contribution in [0.25, 0.3) is 0 Å². The molecular weight excluding hydrogens is 351 g/mol. The number of piperidine rings is 1. The van der Waals surface area contributed by atoms with Crippen molar-refractivity contribution in [1.82, 2.24) is 10.3 Å². The third-order valence-corrected chi connectivity index (χ3v) is 5.88. The Balaban J connectivity index is 1.58. The minimum Gasteiger partial charge on any atom is -0.303 e. The van der Waals surface area contributed by atoms with E-state index in [0.717, 1.165) is 23.8 Å². The average Bonchev–Trinajstić information content (AvgIpc) is 2.92. The largest absolute Gasteiger partial charge is 0.303 e. The lowest BCUT2D eigenvalue weighted by atomic mass is 10.1. The number of anilines is 1. The average molecular weight is 373 g/mol. The molecule has 1 aromatic carbocycles. The van der Waals surface area contributed by atoms with Gasteiger partial charge < -0.3 is 4.90 Å². The Morgan fingerprint density at radius 3 is 2.74 bits per heavy atom. The first-order valence-electron chi connectivity index (χ1n) is 8.03. The fourth-order valence-electron chi connectivity index (χ4n) is 2.89. The van der Waals surface area contributed by atoms with Gasteiger partial charge in [0.2, 0.25) is 0 Å². The highest BCUT2D eigenvalue weighted by Gasteiger charge is 2.25. The van der Waals surface area contributed by atoms with Gasteiger partial charge >= 0.3 is 0 Å². The van der Waals surface area contributed by atoms with Crippen molar-refractivity contribution in [2.24, 2.45) is 4.99 Å². The topological polar surface area (TPSA) is 30.9 Å². The highest BCUT2D eigenvalue weighted by atomic mass is 35.5. The minimum atomic E-state index is 0.0389. The Morgan fingerprint density at radius 2 is 2.00 bits per heavy atom. The van der Waals surface area contributed by atoms with Crippen molar-refractivity contribution < 1.29 is 0 Å². The lowest BCUT2D eigenvalue weighted by Crippen LogP contribution is -2.39. The molecule has 0 spiro atoms. The minimum absolute atomic E-state index is 0.0389. The summed E-state index contributed by atoms with van der Waals surface area (Å²) in [4.78, 5) is 7.24. The van der Waals surface area contributed by atoms with Crippen LogP contribution < -0.4 is 10.4 Å². The number of nitrogens with zero attached hydrogens (tertiary/aromatic N) is 3. The van der Waals surface area contributed by atoms with Crippen LogP contribution in [0.1, 0.15) is 26.2 Å². The second kappa shape index (κ2) is 7.97. The summed E-state index contributed by atoms with van der Waals surface area (Å²) in [6.07, 6.45) is 4.05. The van der Waals surface area contributed by atoms with Crippen LogP contribution in [0, 0.1) is 0 Å². The van der Waals surface area contributed by atoms with E-state index < -0.39 is 0 Å². The monoisotopic (exact) mass is 372 g/mol. The van der Waals surface area contributed by atoms with E-state index in [1.807, 2.05) is 36.9 Å². The zero-order valence-corrected chi connectivity index (χ0v) is 15.6. The molecule has 1 saturated heterocycles. The van der Waals surface area contributed by atoms with Gasteiger partial charge in [0.15, 0.2) is 5.50 Å². The van der Waals surface area contributed by atoms with E-state index >= 15 is 0 Å². The van der Waals surface area contributed by atoms with Crippen molar-refractivity contribution in [2.45, 2.75) is 31.7 Å². The van der Waals surface area contributed by atoms with E-state index in [4.69, 9.17) is 23.2 Å². The van der Waals surface area contributed by atoms with Gasteiger partial charge in [-0.25, -0.2) is 4.99 Å². The number of benzene rings is 1. The molecule has 1 fully saturated rings. The number of likely N-dealkylation sites (tertiary alicyclic amines) is 1. The number of hydrazine groups is 1. The Bertz CT molecular complexity index is 575. The predicted molar refractivity (Wildman–Crippen MR) is 102 cm³/mol. The summed E-state index contributed by atoms with van der Waals surface area (Å²) in [7, 11) is 0. The molecule has 2 aliphatic heterocycles. The summed E-state index contributed by atoms with van der Waals surface area (Å²) < 4.78 is 0. The Hall–Kier alpha value is -0.620. The molecule has 1 aromatic rings. The van der Waals surface area contributed by atoms with Crippen LogP contribution >= 0.6 is 35.0 Å². The summed E-state index contributed by atoms with van der Waals surface area (Å²) in [5.41, 5.74) is 4.32. The van der Waals surface area contributed by atoms with Crippen molar-refractivity contribution in [3.8, 4) is 0 Å². The zero-order valence-electron chi connectivity index (χ0n) is 13.3. The van der Waals surface area contributed by atoms with E-state index in [2.05, 4.69) is 20.3 Å². The van der Waals surface area contributed by atoms with Crippen molar-refractivity contribution >= 4 is 46.5 Å². The number of amidine groups is 1. The van der Waals surface area contributed by atoms with Gasteiger partial charge in [-0.3, -0.25) is 10.4 Å². The van der Waals surface area contributed by atoms with Gasteiger partial charge in [-0.2, -0.15) is 0 Å². The van der Waals surface area contributed by atoms with E-state index in [-0.39, 0.29) is 5.50 Å². The van der Waals surface area contributed by atoms with Gasteiger partial charge in [0, 0.05) is 12.3 Å². The lowest BCUT2D eigenvalue weighted by molar-refractivity contribution is 0.242. The molecule has 0 aromatic heterocycles. The van der Waals surface area contributed by atoms with E-state index in [9.17, 15) is 0 Å². The fourth-order valence-corrected chi connectivity index (χ4v) is 4.31. The maximum atomic E-state index is 6.14. The van der Waals surface area contributed by atoms with Crippen molar-refractivity contribution in [3.63, 3.8) is 0 Å². The molecule has 1 N–H and O–H groups in total. The molecule has 7 heteroatoms. The molecule has 0 amide bonds. The van der Waals surface area contributed by atoms with Crippen LogP contribution in [0.4, 0.5) is 5.69 Å². The summed E-state index contributed by atoms with van der Waals surface area (Å²) >= 11 is 14.0. The Morgan fingerprint density at radius 1 is 1.22 bits per heavy atom. The number of aliphatic imine (C=N–C) groups is 1. The lowest BCUT2D eigenvalue weighted by Gasteiger charge is -2.28. The number of nitrogens with one attached hydrogen (secondary N) is 1. The standard InChI is InChI=1S/C16H22Cl2N4S/c1-12-19-16(23-10-9-21-7-3-2-4-8-21)22(20-12)13-5-6-14(17)15(18)11-13/h5-6,11,16H,2-4,7-10H2,1H3,(H,19,20). The molecule has 0 aliphatic carbocycles. The molecule has 4 nitrogen and oxygen atoms in total. The summed E-state index contributed by atoms with van der Waals surface area (Å²) in [5.74, 6) is 1.99. The predicted octanol–water partition coefficient (Wildman–Crippen LogP) is 4.24. The van der Waals surface area contributed by atoms with E-state index in [1.165, 1.54) is 32.4 Å². The van der Waals surface area contributed by atoms with Crippen LogP contribution in [0.15, 0.2) is 23.2 Å². The second-order valence-corrected chi connectivity index (χ2v) is 7.87. The number of hydrogen-bond acceptors (Lipinski definition) is 5. The number of thioether (sulfide) groups is 1. The Kier molecular flexibility index (Phi) is 5.96. The van der Waals surface area contributed by atoms with Crippen LogP contribution in [-0.2, 0) is 0 Å². The van der Waals surface area contributed by atoms with Crippen molar-refractivity contribution in [2.75, 3.05) is 30.4 Å². The maximum absolute atomic E-state index is 6.14. The molecule has 2 aliphatic rings. The van der Waals surface area contributed by atoms with Crippen molar-refractivity contribution in [3.05, 3.63) is 28.2 Å². The van der Waals surface area contributed by atoms with Crippen LogP contribution in [0.3, 0.4) is 0 Å². The van der Waals surface area contributed by atoms with Crippen LogP contribution in [0.5, 0.6) is 0 Å².